The van der Waals surface area contributed by atoms with Crippen LogP contribution in [0.2, 0.25) is 0 Å². The van der Waals surface area contributed by atoms with Crippen molar-refractivity contribution in [1.29, 1.82) is 0 Å². The molecule has 7 nitrogen and oxygen atoms in total. The van der Waals surface area contributed by atoms with Gasteiger partial charge in [0.25, 0.3) is 0 Å². The van der Waals surface area contributed by atoms with Gasteiger partial charge in [0, 0.05) is 11.3 Å². The quantitative estimate of drug-likeness (QED) is 0.363. The Labute approximate surface area is 202 Å². The molecule has 0 bridgehead atoms. The van der Waals surface area contributed by atoms with Crippen molar-refractivity contribution >= 4 is 23.4 Å². The van der Waals surface area contributed by atoms with Crippen LogP contribution in [-0.4, -0.2) is 33.2 Å². The number of anilines is 1. The van der Waals surface area contributed by atoms with Crippen LogP contribution < -0.4 is 14.8 Å². The predicted octanol–water partition coefficient (Wildman–Crippen LogP) is 5.02. The molecule has 0 atom stereocenters. The average Bonchev–Trinajstić information content (AvgIpc) is 3.50. The largest absolute Gasteiger partial charge is 0.454 e. The standard InChI is InChI=1S/C26H24N4O3S/c1-2-18-8-11-21(12-9-18)27-24(31)16-34-26-29-28-25(20-6-4-3-5-7-20)30(26)15-19-10-13-22-23(14-19)33-17-32-22/h3-14H,2,15-17H2,1H3,(H,27,31). The SMILES string of the molecule is CCc1ccc(NC(=O)CSc2nnc(-c3ccccc3)n2Cc2ccc3c(c2)OCO3)cc1. The minimum atomic E-state index is -0.0897. The molecule has 0 aliphatic carbocycles. The maximum Gasteiger partial charge on any atom is 0.234 e. The van der Waals surface area contributed by atoms with Crippen LogP contribution in [-0.2, 0) is 17.8 Å². The van der Waals surface area contributed by atoms with Crippen molar-refractivity contribution in [2.24, 2.45) is 0 Å². The summed E-state index contributed by atoms with van der Waals surface area (Å²) >= 11 is 1.36. The van der Waals surface area contributed by atoms with Gasteiger partial charge in [0.05, 0.1) is 12.3 Å². The van der Waals surface area contributed by atoms with E-state index < -0.39 is 0 Å². The molecule has 2 heterocycles. The van der Waals surface area contributed by atoms with E-state index in [1.807, 2.05) is 77.4 Å². The van der Waals surface area contributed by atoms with E-state index in [0.717, 1.165) is 40.6 Å². The molecule has 1 aromatic heterocycles. The van der Waals surface area contributed by atoms with Gasteiger partial charge in [-0.3, -0.25) is 9.36 Å². The highest BCUT2D eigenvalue weighted by molar-refractivity contribution is 7.99. The summed E-state index contributed by atoms with van der Waals surface area (Å²) in [5, 5.41) is 12.5. The van der Waals surface area contributed by atoms with E-state index in [-0.39, 0.29) is 18.5 Å². The maximum atomic E-state index is 12.6. The molecule has 0 fully saturated rings. The van der Waals surface area contributed by atoms with Gasteiger partial charge in [-0.2, -0.15) is 0 Å². The van der Waals surface area contributed by atoms with Gasteiger partial charge in [0.15, 0.2) is 22.5 Å². The summed E-state index contributed by atoms with van der Waals surface area (Å²) in [5.41, 5.74) is 4.01. The smallest absolute Gasteiger partial charge is 0.234 e. The summed E-state index contributed by atoms with van der Waals surface area (Å²) in [6, 6.07) is 23.7. The molecule has 1 amide bonds. The fraction of sp³-hybridized carbons (Fsp3) is 0.192. The molecular weight excluding hydrogens is 448 g/mol. The van der Waals surface area contributed by atoms with Crippen LogP contribution in [0, 0.1) is 0 Å². The number of nitrogens with one attached hydrogen (secondary N) is 1. The molecule has 5 rings (SSSR count). The summed E-state index contributed by atoms with van der Waals surface area (Å²) in [7, 11) is 0. The third-order valence-electron chi connectivity index (χ3n) is 5.50. The number of aromatic nitrogens is 3. The Hall–Kier alpha value is -3.78. The van der Waals surface area contributed by atoms with Crippen molar-refractivity contribution < 1.29 is 14.3 Å². The van der Waals surface area contributed by atoms with Crippen LogP contribution in [0.5, 0.6) is 11.5 Å². The van der Waals surface area contributed by atoms with E-state index in [2.05, 4.69) is 22.4 Å². The van der Waals surface area contributed by atoms with Crippen LogP contribution >= 0.6 is 11.8 Å². The molecule has 0 saturated heterocycles. The number of aryl methyl sites for hydroxylation is 1. The van der Waals surface area contributed by atoms with Gasteiger partial charge in [0.2, 0.25) is 12.7 Å². The number of hydrogen-bond acceptors (Lipinski definition) is 6. The zero-order valence-corrected chi connectivity index (χ0v) is 19.5. The molecule has 1 N–H and O–H groups in total. The highest BCUT2D eigenvalue weighted by Gasteiger charge is 2.18. The van der Waals surface area contributed by atoms with Crippen molar-refractivity contribution in [3.8, 4) is 22.9 Å². The maximum absolute atomic E-state index is 12.6. The highest BCUT2D eigenvalue weighted by Crippen LogP contribution is 2.33. The molecular formula is C26H24N4O3S. The molecule has 3 aromatic carbocycles. The fourth-order valence-electron chi connectivity index (χ4n) is 3.71. The number of ether oxygens (including phenoxy) is 2. The van der Waals surface area contributed by atoms with E-state index in [1.165, 1.54) is 17.3 Å². The first-order chi connectivity index (χ1) is 16.7. The second kappa shape index (κ2) is 10.0. The Kier molecular flexibility index (Phi) is 6.49. The monoisotopic (exact) mass is 472 g/mol. The van der Waals surface area contributed by atoms with Gasteiger partial charge in [-0.1, -0.05) is 67.2 Å². The summed E-state index contributed by atoms with van der Waals surface area (Å²) in [6.45, 7) is 2.88. The summed E-state index contributed by atoms with van der Waals surface area (Å²) in [5.74, 6) is 2.36. The predicted molar refractivity (Wildman–Crippen MR) is 132 cm³/mol. The first kappa shape index (κ1) is 22.0. The zero-order chi connectivity index (χ0) is 23.3. The van der Waals surface area contributed by atoms with Crippen LogP contribution in [0.1, 0.15) is 18.1 Å². The van der Waals surface area contributed by atoms with Gasteiger partial charge in [-0.05, 0) is 41.8 Å². The molecule has 4 aromatic rings. The van der Waals surface area contributed by atoms with Crippen LogP contribution in [0.4, 0.5) is 5.69 Å². The van der Waals surface area contributed by atoms with Crippen molar-refractivity contribution in [3.63, 3.8) is 0 Å². The van der Waals surface area contributed by atoms with E-state index in [0.29, 0.717) is 11.7 Å². The normalized spacial score (nSPS) is 12.0. The second-order valence-electron chi connectivity index (χ2n) is 7.83. The lowest BCUT2D eigenvalue weighted by molar-refractivity contribution is -0.113. The number of rotatable bonds is 8. The first-order valence-electron chi connectivity index (χ1n) is 11.1. The molecule has 34 heavy (non-hydrogen) atoms. The number of nitrogens with zero attached hydrogens (tertiary/aromatic N) is 3. The Morgan fingerprint density at radius 3 is 2.53 bits per heavy atom. The van der Waals surface area contributed by atoms with E-state index in [1.54, 1.807) is 0 Å². The van der Waals surface area contributed by atoms with E-state index >= 15 is 0 Å². The topological polar surface area (TPSA) is 78.3 Å². The van der Waals surface area contributed by atoms with E-state index in [4.69, 9.17) is 9.47 Å². The van der Waals surface area contributed by atoms with Crippen molar-refractivity contribution in [1.82, 2.24) is 14.8 Å². The van der Waals surface area contributed by atoms with Gasteiger partial charge < -0.3 is 14.8 Å². The van der Waals surface area contributed by atoms with Crippen LogP contribution in [0.15, 0.2) is 78.0 Å². The van der Waals surface area contributed by atoms with Crippen molar-refractivity contribution in [2.75, 3.05) is 17.9 Å². The number of benzene rings is 3. The molecule has 0 saturated carbocycles. The minimum absolute atomic E-state index is 0.0897. The highest BCUT2D eigenvalue weighted by atomic mass is 32.2. The number of fused-ring (bicyclic) bond motifs is 1. The lowest BCUT2D eigenvalue weighted by Gasteiger charge is -2.11. The van der Waals surface area contributed by atoms with Crippen LogP contribution in [0.3, 0.4) is 0 Å². The van der Waals surface area contributed by atoms with Crippen LogP contribution in [0.25, 0.3) is 11.4 Å². The number of hydrogen-bond donors (Lipinski definition) is 1. The Bertz CT molecular complexity index is 1290. The number of thioether (sulfide) groups is 1. The molecule has 0 unspecified atom stereocenters. The number of carbonyl (C=O) groups excluding carboxylic acids is 1. The number of amides is 1. The summed E-state index contributed by atoms with van der Waals surface area (Å²) in [4.78, 5) is 12.6. The van der Waals surface area contributed by atoms with E-state index in [9.17, 15) is 4.79 Å². The lowest BCUT2D eigenvalue weighted by atomic mass is 10.1. The molecule has 0 radical (unpaired) electrons. The Balaban J connectivity index is 1.35. The fourth-order valence-corrected chi connectivity index (χ4v) is 4.45. The van der Waals surface area contributed by atoms with Gasteiger partial charge in [0.1, 0.15) is 0 Å². The zero-order valence-electron chi connectivity index (χ0n) is 18.7. The first-order valence-corrected chi connectivity index (χ1v) is 12.1. The minimum Gasteiger partial charge on any atom is -0.454 e. The summed E-state index contributed by atoms with van der Waals surface area (Å²) < 4.78 is 13.0. The average molecular weight is 473 g/mol. The summed E-state index contributed by atoms with van der Waals surface area (Å²) in [6.07, 6.45) is 0.965. The van der Waals surface area contributed by atoms with Gasteiger partial charge in [-0.25, -0.2) is 0 Å². The molecule has 172 valence electrons. The second-order valence-corrected chi connectivity index (χ2v) is 8.78. The molecule has 8 heteroatoms. The number of carbonyl (C=O) groups is 1. The van der Waals surface area contributed by atoms with Crippen molar-refractivity contribution in [2.45, 2.75) is 25.0 Å². The van der Waals surface area contributed by atoms with Gasteiger partial charge >= 0.3 is 0 Å². The molecule has 1 aliphatic heterocycles. The lowest BCUT2D eigenvalue weighted by Crippen LogP contribution is -2.15. The molecule has 1 aliphatic rings. The van der Waals surface area contributed by atoms with Gasteiger partial charge in [-0.15, -0.1) is 10.2 Å². The molecule has 0 spiro atoms. The Morgan fingerprint density at radius 1 is 0.971 bits per heavy atom. The van der Waals surface area contributed by atoms with Crippen molar-refractivity contribution in [3.05, 3.63) is 83.9 Å². The third kappa shape index (κ3) is 4.92. The Morgan fingerprint density at radius 2 is 1.74 bits per heavy atom. The third-order valence-corrected chi connectivity index (χ3v) is 6.47.